The van der Waals surface area contributed by atoms with Gasteiger partial charge in [-0.25, -0.2) is 0 Å². The maximum absolute atomic E-state index is 13.2. The van der Waals surface area contributed by atoms with Gasteiger partial charge in [0.05, 0.1) is 11.5 Å². The molecule has 0 saturated carbocycles. The van der Waals surface area contributed by atoms with Gasteiger partial charge in [0, 0.05) is 17.1 Å². The molecule has 1 aromatic carbocycles. The number of nitro groups is 1. The molecular formula is C10H12FNO3S. The molecule has 1 N–H and O–H groups in total. The Morgan fingerprint density at radius 2 is 2.31 bits per heavy atom. The lowest BCUT2D eigenvalue weighted by Crippen LogP contribution is -2.02. The van der Waals surface area contributed by atoms with Gasteiger partial charge < -0.3 is 5.11 Å². The van der Waals surface area contributed by atoms with Gasteiger partial charge in [-0.15, -0.1) is 0 Å². The molecule has 0 spiro atoms. The summed E-state index contributed by atoms with van der Waals surface area (Å²) in [5.74, 6) is -0.295. The van der Waals surface area contributed by atoms with E-state index >= 15 is 0 Å². The lowest BCUT2D eigenvalue weighted by atomic mass is 10.2. The molecule has 1 unspecified atom stereocenters. The van der Waals surface area contributed by atoms with Gasteiger partial charge in [0.15, 0.2) is 0 Å². The first kappa shape index (κ1) is 12.9. The second-order valence-corrected chi connectivity index (χ2v) is 4.77. The SMILES string of the molecule is CC(CO)SCc1ccc([N+](=O)[O-])c(F)c1. The summed E-state index contributed by atoms with van der Waals surface area (Å²) >= 11 is 1.47. The second-order valence-electron chi connectivity index (χ2n) is 3.35. The summed E-state index contributed by atoms with van der Waals surface area (Å²) in [6.45, 7) is 1.91. The monoisotopic (exact) mass is 245 g/mol. The molecule has 1 rings (SSSR count). The number of rotatable bonds is 5. The standard InChI is InChI=1S/C10H12FNO3S/c1-7(5-13)16-6-8-2-3-10(12(14)15)9(11)4-8/h2-4,7,13H,5-6H2,1H3. The van der Waals surface area contributed by atoms with Crippen molar-refractivity contribution in [3.05, 3.63) is 39.7 Å². The molecular weight excluding hydrogens is 233 g/mol. The van der Waals surface area contributed by atoms with E-state index in [2.05, 4.69) is 0 Å². The van der Waals surface area contributed by atoms with Crippen LogP contribution in [0.1, 0.15) is 12.5 Å². The Morgan fingerprint density at radius 3 is 2.81 bits per heavy atom. The first-order chi connectivity index (χ1) is 7.54. The van der Waals surface area contributed by atoms with E-state index in [0.717, 1.165) is 12.1 Å². The van der Waals surface area contributed by atoms with E-state index in [-0.39, 0.29) is 11.9 Å². The predicted octanol–water partition coefficient (Wildman–Crippen LogP) is 2.35. The molecule has 0 amide bonds. The third kappa shape index (κ3) is 3.46. The summed E-state index contributed by atoms with van der Waals surface area (Å²) in [4.78, 5) is 9.63. The van der Waals surface area contributed by atoms with Gasteiger partial charge in [-0.3, -0.25) is 10.1 Å². The lowest BCUT2D eigenvalue weighted by Gasteiger charge is -2.07. The van der Waals surface area contributed by atoms with Gasteiger partial charge in [0.2, 0.25) is 5.82 Å². The zero-order valence-corrected chi connectivity index (χ0v) is 9.54. The van der Waals surface area contributed by atoms with Crippen molar-refractivity contribution in [3.63, 3.8) is 0 Å². The van der Waals surface area contributed by atoms with Crippen LogP contribution in [0.2, 0.25) is 0 Å². The molecule has 0 bridgehead atoms. The molecule has 16 heavy (non-hydrogen) atoms. The minimum absolute atomic E-state index is 0.0557. The van der Waals surface area contributed by atoms with Crippen molar-refractivity contribution in [3.8, 4) is 0 Å². The molecule has 6 heteroatoms. The average molecular weight is 245 g/mol. The molecule has 0 aromatic heterocycles. The normalized spacial score (nSPS) is 12.4. The van der Waals surface area contributed by atoms with Crippen molar-refractivity contribution in [2.45, 2.75) is 17.9 Å². The minimum atomic E-state index is -0.820. The highest BCUT2D eigenvalue weighted by atomic mass is 32.2. The van der Waals surface area contributed by atoms with Gasteiger partial charge in [0.25, 0.3) is 0 Å². The molecule has 0 aliphatic heterocycles. The minimum Gasteiger partial charge on any atom is -0.395 e. The summed E-state index contributed by atoms with van der Waals surface area (Å²) in [5.41, 5.74) is 0.164. The van der Waals surface area contributed by atoms with Gasteiger partial charge in [-0.1, -0.05) is 13.0 Å². The van der Waals surface area contributed by atoms with Gasteiger partial charge in [0.1, 0.15) is 0 Å². The summed E-state index contributed by atoms with van der Waals surface area (Å²) < 4.78 is 13.2. The number of benzene rings is 1. The number of nitro benzene ring substituents is 1. The molecule has 0 heterocycles. The Kier molecular flexibility index (Phi) is 4.70. The van der Waals surface area contributed by atoms with Gasteiger partial charge in [-0.05, 0) is 11.6 Å². The van der Waals surface area contributed by atoms with Gasteiger partial charge >= 0.3 is 5.69 Å². The van der Waals surface area contributed by atoms with E-state index in [0.29, 0.717) is 11.3 Å². The zero-order valence-electron chi connectivity index (χ0n) is 8.72. The highest BCUT2D eigenvalue weighted by Crippen LogP contribution is 2.22. The van der Waals surface area contributed by atoms with E-state index in [1.54, 1.807) is 0 Å². The van der Waals surface area contributed by atoms with E-state index < -0.39 is 16.4 Å². The van der Waals surface area contributed by atoms with Crippen LogP contribution in [-0.2, 0) is 5.75 Å². The van der Waals surface area contributed by atoms with Crippen LogP contribution < -0.4 is 0 Å². The fourth-order valence-corrected chi connectivity index (χ4v) is 1.84. The molecule has 4 nitrogen and oxygen atoms in total. The number of halogens is 1. The topological polar surface area (TPSA) is 63.4 Å². The van der Waals surface area contributed by atoms with Crippen molar-refractivity contribution >= 4 is 17.4 Å². The van der Waals surface area contributed by atoms with E-state index in [9.17, 15) is 14.5 Å². The fraction of sp³-hybridized carbons (Fsp3) is 0.400. The van der Waals surface area contributed by atoms with Crippen LogP contribution >= 0.6 is 11.8 Å². The van der Waals surface area contributed by atoms with Crippen molar-refractivity contribution < 1.29 is 14.4 Å². The van der Waals surface area contributed by atoms with Crippen LogP contribution in [0.5, 0.6) is 0 Å². The largest absolute Gasteiger partial charge is 0.395 e. The highest BCUT2D eigenvalue weighted by molar-refractivity contribution is 7.99. The molecule has 0 aliphatic carbocycles. The third-order valence-corrected chi connectivity index (χ3v) is 3.22. The highest BCUT2D eigenvalue weighted by Gasteiger charge is 2.13. The molecule has 0 fully saturated rings. The molecule has 0 radical (unpaired) electrons. The fourth-order valence-electron chi connectivity index (χ4n) is 1.08. The number of nitrogens with zero attached hydrogens (tertiary/aromatic N) is 1. The van der Waals surface area contributed by atoms with Crippen LogP contribution in [0, 0.1) is 15.9 Å². The molecule has 0 saturated heterocycles. The van der Waals surface area contributed by atoms with Crippen molar-refractivity contribution in [2.75, 3.05) is 6.61 Å². The quantitative estimate of drug-likeness (QED) is 0.639. The Labute approximate surface area is 96.6 Å². The Hall–Kier alpha value is -1.14. The second kappa shape index (κ2) is 5.81. The summed E-state index contributed by atoms with van der Waals surface area (Å²) in [6.07, 6.45) is 0. The van der Waals surface area contributed by atoms with E-state index in [1.807, 2.05) is 6.92 Å². The van der Waals surface area contributed by atoms with Crippen LogP contribution in [0.4, 0.5) is 10.1 Å². The molecule has 0 aliphatic rings. The predicted molar refractivity (Wildman–Crippen MR) is 60.9 cm³/mol. The molecule has 1 atom stereocenters. The molecule has 1 aromatic rings. The van der Waals surface area contributed by atoms with Crippen molar-refractivity contribution in [1.82, 2.24) is 0 Å². The van der Waals surface area contributed by atoms with Gasteiger partial charge in [-0.2, -0.15) is 16.2 Å². The summed E-state index contributed by atoms with van der Waals surface area (Å²) in [6, 6.07) is 3.85. The first-order valence-electron chi connectivity index (χ1n) is 4.70. The smallest absolute Gasteiger partial charge is 0.304 e. The Balaban J connectivity index is 2.70. The van der Waals surface area contributed by atoms with Crippen LogP contribution in [0.15, 0.2) is 18.2 Å². The van der Waals surface area contributed by atoms with E-state index in [1.165, 1.54) is 17.8 Å². The number of thioether (sulfide) groups is 1. The average Bonchev–Trinajstić information content (AvgIpc) is 2.25. The lowest BCUT2D eigenvalue weighted by molar-refractivity contribution is -0.387. The Bertz CT molecular complexity index is 386. The summed E-state index contributed by atoms with van der Waals surface area (Å²) in [5, 5.41) is 19.2. The summed E-state index contributed by atoms with van der Waals surface area (Å²) in [7, 11) is 0. The number of aliphatic hydroxyl groups is 1. The van der Waals surface area contributed by atoms with Crippen molar-refractivity contribution in [2.24, 2.45) is 0 Å². The van der Waals surface area contributed by atoms with Crippen LogP contribution in [0.3, 0.4) is 0 Å². The van der Waals surface area contributed by atoms with Crippen LogP contribution in [0.25, 0.3) is 0 Å². The molecule has 88 valence electrons. The number of aliphatic hydroxyl groups excluding tert-OH is 1. The number of hydrogen-bond acceptors (Lipinski definition) is 4. The maximum atomic E-state index is 13.2. The maximum Gasteiger partial charge on any atom is 0.304 e. The zero-order chi connectivity index (χ0) is 12.1. The van der Waals surface area contributed by atoms with E-state index in [4.69, 9.17) is 5.11 Å². The number of hydrogen-bond donors (Lipinski definition) is 1. The first-order valence-corrected chi connectivity index (χ1v) is 5.74. The van der Waals surface area contributed by atoms with Crippen molar-refractivity contribution in [1.29, 1.82) is 0 Å². The Morgan fingerprint density at radius 1 is 1.62 bits per heavy atom. The van der Waals surface area contributed by atoms with Crippen LogP contribution in [-0.4, -0.2) is 21.9 Å². The third-order valence-electron chi connectivity index (χ3n) is 2.00.